The van der Waals surface area contributed by atoms with Crippen molar-refractivity contribution in [3.63, 3.8) is 0 Å². The van der Waals surface area contributed by atoms with Crippen LogP contribution >= 0.6 is 0 Å². The SMILES string of the molecule is CCCCc1ccc(NC(=O)NCOC)cc1. The lowest BCUT2D eigenvalue weighted by atomic mass is 10.1. The molecule has 94 valence electrons. The Labute approximate surface area is 102 Å². The van der Waals surface area contributed by atoms with Crippen LogP contribution < -0.4 is 10.6 Å². The maximum Gasteiger partial charge on any atom is 0.321 e. The third-order valence-electron chi connectivity index (χ3n) is 2.41. The summed E-state index contributed by atoms with van der Waals surface area (Å²) in [7, 11) is 1.53. The first-order valence-electron chi connectivity index (χ1n) is 5.89. The molecule has 0 aliphatic rings. The zero-order valence-corrected chi connectivity index (χ0v) is 10.5. The third-order valence-corrected chi connectivity index (χ3v) is 2.41. The summed E-state index contributed by atoms with van der Waals surface area (Å²) in [5.74, 6) is 0. The second-order valence-corrected chi connectivity index (χ2v) is 3.86. The van der Waals surface area contributed by atoms with Gasteiger partial charge in [0.05, 0.1) is 0 Å². The van der Waals surface area contributed by atoms with Crippen LogP contribution in [0.25, 0.3) is 0 Å². The number of unbranched alkanes of at least 4 members (excludes halogenated alkanes) is 1. The average molecular weight is 236 g/mol. The van der Waals surface area contributed by atoms with E-state index in [4.69, 9.17) is 4.74 Å². The van der Waals surface area contributed by atoms with Crippen molar-refractivity contribution in [1.29, 1.82) is 0 Å². The number of carbonyl (C=O) groups is 1. The van der Waals surface area contributed by atoms with Crippen LogP contribution in [-0.4, -0.2) is 19.9 Å². The zero-order valence-electron chi connectivity index (χ0n) is 10.5. The molecule has 2 N–H and O–H groups in total. The molecule has 1 rings (SSSR count). The van der Waals surface area contributed by atoms with E-state index in [1.54, 1.807) is 0 Å². The van der Waals surface area contributed by atoms with Crippen molar-refractivity contribution in [1.82, 2.24) is 5.32 Å². The number of amides is 2. The number of hydrogen-bond donors (Lipinski definition) is 2. The van der Waals surface area contributed by atoms with Gasteiger partial charge in [-0.1, -0.05) is 25.5 Å². The van der Waals surface area contributed by atoms with Crippen LogP contribution in [0, 0.1) is 0 Å². The van der Waals surface area contributed by atoms with E-state index in [-0.39, 0.29) is 12.8 Å². The molecule has 0 aliphatic heterocycles. The summed E-state index contributed by atoms with van der Waals surface area (Å²) in [6.45, 7) is 2.39. The predicted molar refractivity (Wildman–Crippen MR) is 69.1 cm³/mol. The van der Waals surface area contributed by atoms with Crippen molar-refractivity contribution in [2.75, 3.05) is 19.2 Å². The first-order chi connectivity index (χ1) is 8.26. The quantitative estimate of drug-likeness (QED) is 0.746. The Kier molecular flexibility index (Phi) is 6.10. The van der Waals surface area contributed by atoms with Crippen LogP contribution in [0.1, 0.15) is 25.3 Å². The summed E-state index contributed by atoms with van der Waals surface area (Å²) in [6, 6.07) is 7.66. The molecule has 0 radical (unpaired) electrons. The molecule has 0 unspecified atom stereocenters. The van der Waals surface area contributed by atoms with Gasteiger partial charge < -0.3 is 15.4 Å². The maximum absolute atomic E-state index is 11.3. The van der Waals surface area contributed by atoms with Crippen molar-refractivity contribution in [3.8, 4) is 0 Å². The number of anilines is 1. The molecule has 2 amide bonds. The average Bonchev–Trinajstić information content (AvgIpc) is 2.35. The summed E-state index contributed by atoms with van der Waals surface area (Å²) in [5, 5.41) is 5.29. The first-order valence-corrected chi connectivity index (χ1v) is 5.89. The fourth-order valence-electron chi connectivity index (χ4n) is 1.45. The number of benzene rings is 1. The van der Waals surface area contributed by atoms with Gasteiger partial charge in [-0.05, 0) is 30.5 Å². The van der Waals surface area contributed by atoms with Crippen molar-refractivity contribution >= 4 is 11.7 Å². The molecule has 1 aromatic rings. The number of methoxy groups -OCH3 is 1. The molecule has 17 heavy (non-hydrogen) atoms. The van der Waals surface area contributed by atoms with Gasteiger partial charge in [0.25, 0.3) is 0 Å². The van der Waals surface area contributed by atoms with Gasteiger partial charge in [0.1, 0.15) is 6.73 Å². The summed E-state index contributed by atoms with van der Waals surface area (Å²) >= 11 is 0. The molecular formula is C13H20N2O2. The molecule has 1 aromatic carbocycles. The van der Waals surface area contributed by atoms with Gasteiger partial charge in [0, 0.05) is 12.8 Å². The van der Waals surface area contributed by atoms with Crippen LogP contribution in [0.2, 0.25) is 0 Å². The smallest absolute Gasteiger partial charge is 0.321 e. The van der Waals surface area contributed by atoms with E-state index < -0.39 is 0 Å². The lowest BCUT2D eigenvalue weighted by Crippen LogP contribution is -2.30. The van der Waals surface area contributed by atoms with E-state index in [9.17, 15) is 4.79 Å². The highest BCUT2D eigenvalue weighted by Crippen LogP contribution is 2.11. The highest BCUT2D eigenvalue weighted by atomic mass is 16.5. The van der Waals surface area contributed by atoms with Crippen LogP contribution in [0.3, 0.4) is 0 Å². The van der Waals surface area contributed by atoms with Gasteiger partial charge in [-0.3, -0.25) is 0 Å². The van der Waals surface area contributed by atoms with Gasteiger partial charge in [-0.25, -0.2) is 4.79 Å². The van der Waals surface area contributed by atoms with E-state index in [2.05, 4.69) is 17.6 Å². The van der Waals surface area contributed by atoms with Gasteiger partial charge in [0.2, 0.25) is 0 Å². The molecule has 0 saturated carbocycles. The number of aryl methyl sites for hydroxylation is 1. The molecule has 0 bridgehead atoms. The normalized spacial score (nSPS) is 10.0. The standard InChI is InChI=1S/C13H20N2O2/c1-3-4-5-11-6-8-12(9-7-11)15-13(16)14-10-17-2/h6-9H,3-5,10H2,1-2H3,(H2,14,15,16). The number of urea groups is 1. The Hall–Kier alpha value is -1.55. The summed E-state index contributed by atoms with van der Waals surface area (Å²) in [6.07, 6.45) is 3.48. The number of nitrogens with one attached hydrogen (secondary N) is 2. The molecule has 0 saturated heterocycles. The maximum atomic E-state index is 11.3. The summed E-state index contributed by atoms with van der Waals surface area (Å²) in [5.41, 5.74) is 2.09. The second kappa shape index (κ2) is 7.68. The van der Waals surface area contributed by atoms with Crippen LogP contribution in [0.15, 0.2) is 24.3 Å². The van der Waals surface area contributed by atoms with Crippen LogP contribution in [0.4, 0.5) is 10.5 Å². The van der Waals surface area contributed by atoms with Gasteiger partial charge in [0.15, 0.2) is 0 Å². The topological polar surface area (TPSA) is 50.4 Å². The van der Waals surface area contributed by atoms with Gasteiger partial charge in [-0.2, -0.15) is 0 Å². The highest BCUT2D eigenvalue weighted by molar-refractivity contribution is 5.89. The minimum Gasteiger partial charge on any atom is -0.364 e. The fraction of sp³-hybridized carbons (Fsp3) is 0.462. The Balaban J connectivity index is 2.42. The summed E-state index contributed by atoms with van der Waals surface area (Å²) < 4.78 is 4.74. The van der Waals surface area contributed by atoms with Gasteiger partial charge in [-0.15, -0.1) is 0 Å². The summed E-state index contributed by atoms with van der Waals surface area (Å²) in [4.78, 5) is 11.3. The Bertz CT molecular complexity index is 336. The van der Waals surface area contributed by atoms with E-state index >= 15 is 0 Å². The fourth-order valence-corrected chi connectivity index (χ4v) is 1.45. The molecule has 0 atom stereocenters. The van der Waals surface area contributed by atoms with Crippen molar-refractivity contribution in [2.24, 2.45) is 0 Å². The monoisotopic (exact) mass is 236 g/mol. The van der Waals surface area contributed by atoms with E-state index in [1.165, 1.54) is 25.5 Å². The number of rotatable bonds is 6. The largest absolute Gasteiger partial charge is 0.364 e. The van der Waals surface area contributed by atoms with Gasteiger partial charge >= 0.3 is 6.03 Å². The zero-order chi connectivity index (χ0) is 12.5. The molecule has 4 heteroatoms. The second-order valence-electron chi connectivity index (χ2n) is 3.86. The molecule has 0 fully saturated rings. The highest BCUT2D eigenvalue weighted by Gasteiger charge is 2.00. The molecule has 0 heterocycles. The number of hydrogen-bond acceptors (Lipinski definition) is 2. The van der Waals surface area contributed by atoms with E-state index in [0.717, 1.165) is 12.1 Å². The molecule has 0 spiro atoms. The third kappa shape index (κ3) is 5.36. The minimum absolute atomic E-state index is 0.209. The Morgan fingerprint density at radius 2 is 2.00 bits per heavy atom. The predicted octanol–water partition coefficient (Wildman–Crippen LogP) is 2.75. The van der Waals surface area contributed by atoms with Crippen LogP contribution in [0.5, 0.6) is 0 Å². The van der Waals surface area contributed by atoms with E-state index in [0.29, 0.717) is 0 Å². The number of ether oxygens (including phenoxy) is 1. The van der Waals surface area contributed by atoms with Crippen molar-refractivity contribution in [2.45, 2.75) is 26.2 Å². The van der Waals surface area contributed by atoms with Crippen molar-refractivity contribution < 1.29 is 9.53 Å². The lowest BCUT2D eigenvalue weighted by Gasteiger charge is -2.07. The number of carbonyl (C=O) groups excluding carboxylic acids is 1. The van der Waals surface area contributed by atoms with Crippen LogP contribution in [-0.2, 0) is 11.2 Å². The first kappa shape index (κ1) is 13.5. The molecular weight excluding hydrogens is 216 g/mol. The molecule has 0 aromatic heterocycles. The van der Waals surface area contributed by atoms with Crippen molar-refractivity contribution in [3.05, 3.63) is 29.8 Å². The Morgan fingerprint density at radius 1 is 1.29 bits per heavy atom. The Morgan fingerprint density at radius 3 is 2.59 bits per heavy atom. The molecule has 4 nitrogen and oxygen atoms in total. The molecule has 0 aliphatic carbocycles. The van der Waals surface area contributed by atoms with E-state index in [1.807, 2.05) is 24.3 Å². The lowest BCUT2D eigenvalue weighted by molar-refractivity contribution is 0.177. The minimum atomic E-state index is -0.256.